The zero-order chi connectivity index (χ0) is 23.2. The first-order valence-corrected chi connectivity index (χ1v) is 10.4. The van der Waals surface area contributed by atoms with Crippen molar-refractivity contribution in [3.63, 3.8) is 0 Å². The molecule has 4 aromatic rings. The maximum Gasteiger partial charge on any atom is 0.573 e. The number of ether oxygens (including phenoxy) is 1. The zero-order valence-corrected chi connectivity index (χ0v) is 18.2. The molecule has 5 rings (SSSR count). The van der Waals surface area contributed by atoms with Crippen LogP contribution < -0.4 is 10.1 Å². The lowest BCUT2D eigenvalue weighted by molar-refractivity contribution is -0.274. The Labute approximate surface area is 193 Å². The summed E-state index contributed by atoms with van der Waals surface area (Å²) in [5, 5.41) is 7.42. The second-order valence-electron chi connectivity index (χ2n) is 7.13. The monoisotopic (exact) mass is 515 g/mol. The van der Waals surface area contributed by atoms with Crippen molar-refractivity contribution in [1.29, 1.82) is 0 Å². The number of amides is 1. The molecule has 1 N–H and O–H groups in total. The second-order valence-corrected chi connectivity index (χ2v) is 8.05. The van der Waals surface area contributed by atoms with Crippen molar-refractivity contribution in [2.75, 3.05) is 0 Å². The molecule has 0 saturated carbocycles. The molecule has 3 aromatic heterocycles. The molecule has 0 fully saturated rings. The Kier molecular flexibility index (Phi) is 5.12. The van der Waals surface area contributed by atoms with Crippen molar-refractivity contribution >= 4 is 21.8 Å². The number of halogens is 4. The van der Waals surface area contributed by atoms with Gasteiger partial charge in [-0.3, -0.25) is 14.8 Å². The minimum atomic E-state index is -4.83. The highest BCUT2D eigenvalue weighted by Crippen LogP contribution is 2.35. The van der Waals surface area contributed by atoms with Crippen molar-refractivity contribution < 1.29 is 22.7 Å². The van der Waals surface area contributed by atoms with Crippen molar-refractivity contribution in [1.82, 2.24) is 25.1 Å². The molecule has 1 aliphatic heterocycles. The van der Waals surface area contributed by atoms with Crippen LogP contribution >= 0.6 is 15.9 Å². The van der Waals surface area contributed by atoms with Gasteiger partial charge in [-0.05, 0) is 42.5 Å². The van der Waals surface area contributed by atoms with Crippen LogP contribution in [0.5, 0.6) is 5.75 Å². The average molecular weight is 516 g/mol. The summed E-state index contributed by atoms with van der Waals surface area (Å²) in [7, 11) is 0. The minimum absolute atomic E-state index is 0.193. The fourth-order valence-electron chi connectivity index (χ4n) is 3.65. The van der Waals surface area contributed by atoms with E-state index >= 15 is 0 Å². The molecule has 33 heavy (non-hydrogen) atoms. The number of hydrogen-bond donors (Lipinski definition) is 1. The molecule has 1 aromatic carbocycles. The normalized spacial score (nSPS) is 13.0. The Balaban J connectivity index is 1.69. The van der Waals surface area contributed by atoms with E-state index in [2.05, 4.69) is 41.1 Å². The maximum atomic E-state index is 12.8. The van der Waals surface area contributed by atoms with Crippen molar-refractivity contribution in [2.45, 2.75) is 12.9 Å². The van der Waals surface area contributed by atoms with E-state index in [0.29, 0.717) is 50.5 Å². The molecule has 0 spiro atoms. The van der Waals surface area contributed by atoms with Gasteiger partial charge in [0.1, 0.15) is 11.4 Å². The first-order chi connectivity index (χ1) is 15.8. The predicted octanol–water partition coefficient (Wildman–Crippen LogP) is 4.90. The molecule has 0 atom stereocenters. The lowest BCUT2D eigenvalue weighted by atomic mass is 10.1. The van der Waals surface area contributed by atoms with Crippen molar-refractivity contribution in [3.05, 3.63) is 76.7 Å². The Morgan fingerprint density at radius 1 is 1.12 bits per heavy atom. The van der Waals surface area contributed by atoms with E-state index < -0.39 is 6.36 Å². The summed E-state index contributed by atoms with van der Waals surface area (Å²) in [5.74, 6) is -0.567. The van der Waals surface area contributed by atoms with Crippen LogP contribution in [0.2, 0.25) is 0 Å². The highest BCUT2D eigenvalue weighted by molar-refractivity contribution is 9.10. The summed E-state index contributed by atoms with van der Waals surface area (Å²) in [6.07, 6.45) is -0.124. The van der Waals surface area contributed by atoms with E-state index in [-0.39, 0.29) is 11.7 Å². The van der Waals surface area contributed by atoms with Gasteiger partial charge >= 0.3 is 6.36 Å². The number of nitrogens with one attached hydrogen (secondary N) is 1. The second kappa shape index (κ2) is 8.00. The Morgan fingerprint density at radius 2 is 1.97 bits per heavy atom. The third kappa shape index (κ3) is 4.19. The molecular formula is C22H13BrF3N5O2. The fraction of sp³-hybridized carbons (Fsp3) is 0.0909. The molecular weight excluding hydrogens is 503 g/mol. The van der Waals surface area contributed by atoms with Gasteiger partial charge < -0.3 is 10.1 Å². The van der Waals surface area contributed by atoms with Gasteiger partial charge in [0.2, 0.25) is 0 Å². The summed E-state index contributed by atoms with van der Waals surface area (Å²) >= 11 is 3.25. The lowest BCUT2D eigenvalue weighted by Crippen LogP contribution is -2.17. The average Bonchev–Trinajstić information content (AvgIpc) is 3.37. The summed E-state index contributed by atoms with van der Waals surface area (Å²) in [5.41, 5.74) is 3.70. The van der Waals surface area contributed by atoms with Crippen LogP contribution in [0.1, 0.15) is 15.9 Å². The highest BCUT2D eigenvalue weighted by Gasteiger charge is 2.31. The molecule has 11 heteroatoms. The quantitative estimate of drug-likeness (QED) is 0.418. The van der Waals surface area contributed by atoms with E-state index in [4.69, 9.17) is 0 Å². The number of nitrogens with zero attached hydrogens (tertiary/aromatic N) is 4. The number of hydrogen-bond acceptors (Lipinski definition) is 5. The van der Waals surface area contributed by atoms with E-state index in [1.54, 1.807) is 47.4 Å². The number of alkyl halides is 3. The summed E-state index contributed by atoms with van der Waals surface area (Å²) in [6, 6.07) is 11.0. The third-order valence-corrected chi connectivity index (χ3v) is 5.43. The van der Waals surface area contributed by atoms with Gasteiger partial charge in [0, 0.05) is 40.1 Å². The van der Waals surface area contributed by atoms with Crippen molar-refractivity contribution in [3.8, 4) is 34.1 Å². The zero-order valence-electron chi connectivity index (χ0n) is 16.6. The topological polar surface area (TPSA) is 81.9 Å². The van der Waals surface area contributed by atoms with Gasteiger partial charge in [-0.15, -0.1) is 13.2 Å². The maximum absolute atomic E-state index is 12.8. The lowest BCUT2D eigenvalue weighted by Gasteiger charge is -2.12. The number of carbonyl (C=O) groups is 1. The minimum Gasteiger partial charge on any atom is -0.406 e. The highest BCUT2D eigenvalue weighted by atomic mass is 79.9. The number of benzene rings is 1. The first kappa shape index (κ1) is 21.1. The molecule has 7 nitrogen and oxygen atoms in total. The Hall–Kier alpha value is -3.73. The third-order valence-electron chi connectivity index (χ3n) is 4.97. The first-order valence-electron chi connectivity index (χ1n) is 9.62. The smallest absolute Gasteiger partial charge is 0.406 e. The van der Waals surface area contributed by atoms with Crippen LogP contribution in [0.3, 0.4) is 0 Å². The Morgan fingerprint density at radius 3 is 2.73 bits per heavy atom. The van der Waals surface area contributed by atoms with Gasteiger partial charge in [0.15, 0.2) is 0 Å². The number of aromatic nitrogens is 4. The van der Waals surface area contributed by atoms with Crippen molar-refractivity contribution in [2.24, 2.45) is 0 Å². The molecule has 1 amide bonds. The molecule has 0 radical (unpaired) electrons. The number of rotatable bonds is 4. The van der Waals surface area contributed by atoms with Crippen LogP contribution in [0.4, 0.5) is 13.2 Å². The number of carbonyl (C=O) groups excluding carboxylic acids is 1. The van der Waals surface area contributed by atoms with E-state index in [1.807, 2.05) is 0 Å². The van der Waals surface area contributed by atoms with Gasteiger partial charge in [0.25, 0.3) is 5.91 Å². The molecule has 4 heterocycles. The van der Waals surface area contributed by atoms with Crippen LogP contribution in [0.15, 0.2) is 65.5 Å². The summed E-state index contributed by atoms with van der Waals surface area (Å²) in [4.78, 5) is 20.6. The van der Waals surface area contributed by atoms with E-state index in [0.717, 1.165) is 0 Å². The van der Waals surface area contributed by atoms with Gasteiger partial charge in [-0.1, -0.05) is 15.9 Å². The molecule has 0 bridgehead atoms. The standard InChI is InChI=1S/C22H13BrF3N5O2/c23-13-6-12(7-15(8-13)33-22(24,25)26)19-9-18(30-31(19)14-2-1-4-27-10-14)20-17-11-29-21(32)16(17)3-5-28-20/h1-10H,11H2,(H,29,32). The van der Waals surface area contributed by atoms with E-state index in [1.165, 1.54) is 18.3 Å². The number of pyridine rings is 2. The largest absolute Gasteiger partial charge is 0.573 e. The molecule has 0 unspecified atom stereocenters. The molecule has 1 aliphatic rings. The number of fused-ring (bicyclic) bond motifs is 1. The Bertz CT molecular complexity index is 1370. The van der Waals surface area contributed by atoms with Gasteiger partial charge in [0.05, 0.1) is 23.3 Å². The predicted molar refractivity (Wildman–Crippen MR) is 116 cm³/mol. The van der Waals surface area contributed by atoms with Gasteiger partial charge in [-0.2, -0.15) is 5.10 Å². The van der Waals surface area contributed by atoms with Crippen LogP contribution in [-0.2, 0) is 6.54 Å². The van der Waals surface area contributed by atoms with Gasteiger partial charge in [-0.25, -0.2) is 4.68 Å². The van der Waals surface area contributed by atoms with Crippen LogP contribution in [-0.4, -0.2) is 32.0 Å². The molecule has 0 saturated heterocycles. The summed E-state index contributed by atoms with van der Waals surface area (Å²) < 4.78 is 44.6. The van der Waals surface area contributed by atoms with Crippen LogP contribution in [0.25, 0.3) is 28.3 Å². The summed E-state index contributed by atoms with van der Waals surface area (Å²) in [6.45, 7) is 0.312. The fourth-order valence-corrected chi connectivity index (χ4v) is 4.12. The molecule has 166 valence electrons. The SMILES string of the molecule is O=C1NCc2c1ccnc2-c1cc(-c2cc(Br)cc(OC(F)(F)F)c2)n(-c2cccnc2)n1. The van der Waals surface area contributed by atoms with E-state index in [9.17, 15) is 18.0 Å². The van der Waals surface area contributed by atoms with Crippen LogP contribution in [0, 0.1) is 0 Å². The molecule has 0 aliphatic carbocycles.